The van der Waals surface area contributed by atoms with E-state index in [-0.39, 0.29) is 11.9 Å². The number of nitrogens with zero attached hydrogens (tertiary/aromatic N) is 1. The van der Waals surface area contributed by atoms with E-state index in [0.29, 0.717) is 6.42 Å². The van der Waals surface area contributed by atoms with Crippen LogP contribution >= 0.6 is 0 Å². The average molecular weight is 313 g/mol. The lowest BCUT2D eigenvalue weighted by Crippen LogP contribution is -2.35. The standard InChI is InChI=1S/C19H40N2O/c1-4-7-9-10-11-13-16-21(19(22)6-3)17-15-18(20)14-12-8-5-2/h18H,4-17,20H2,1-3H3. The van der Waals surface area contributed by atoms with Crippen LogP contribution in [-0.4, -0.2) is 29.9 Å². The number of hydrogen-bond acceptors (Lipinski definition) is 2. The zero-order valence-electron chi connectivity index (χ0n) is 15.4. The van der Waals surface area contributed by atoms with E-state index in [4.69, 9.17) is 5.73 Å². The highest BCUT2D eigenvalue weighted by atomic mass is 16.2. The molecule has 0 spiro atoms. The maximum atomic E-state index is 12.0. The minimum Gasteiger partial charge on any atom is -0.343 e. The number of rotatable bonds is 15. The molecule has 0 aromatic heterocycles. The number of unbranched alkanes of at least 4 members (excludes halogenated alkanes) is 7. The van der Waals surface area contributed by atoms with Crippen molar-refractivity contribution in [3.8, 4) is 0 Å². The van der Waals surface area contributed by atoms with E-state index in [1.165, 1.54) is 51.4 Å². The minimum absolute atomic E-state index is 0.253. The third-order valence-electron chi connectivity index (χ3n) is 4.39. The minimum atomic E-state index is 0.253. The predicted octanol–water partition coefficient (Wildman–Crippen LogP) is 4.88. The van der Waals surface area contributed by atoms with E-state index in [9.17, 15) is 4.79 Å². The third kappa shape index (κ3) is 12.0. The van der Waals surface area contributed by atoms with Crippen LogP contribution in [0, 0.1) is 0 Å². The Morgan fingerprint density at radius 1 is 0.818 bits per heavy atom. The second kappa shape index (κ2) is 15.3. The molecule has 1 unspecified atom stereocenters. The molecule has 132 valence electrons. The molecule has 3 nitrogen and oxygen atoms in total. The fourth-order valence-electron chi connectivity index (χ4n) is 2.79. The van der Waals surface area contributed by atoms with Crippen LogP contribution in [0.1, 0.15) is 97.8 Å². The van der Waals surface area contributed by atoms with Gasteiger partial charge in [-0.15, -0.1) is 0 Å². The van der Waals surface area contributed by atoms with E-state index in [0.717, 1.165) is 32.4 Å². The SMILES string of the molecule is CCCCCCCCN(CCC(N)CCCCC)C(=O)CC. The van der Waals surface area contributed by atoms with Gasteiger partial charge in [-0.25, -0.2) is 0 Å². The molecular weight excluding hydrogens is 272 g/mol. The number of carbonyl (C=O) groups excluding carboxylic acids is 1. The monoisotopic (exact) mass is 312 g/mol. The van der Waals surface area contributed by atoms with E-state index < -0.39 is 0 Å². The van der Waals surface area contributed by atoms with E-state index in [1.54, 1.807) is 0 Å². The molecule has 0 aromatic carbocycles. The lowest BCUT2D eigenvalue weighted by molar-refractivity contribution is -0.131. The van der Waals surface area contributed by atoms with Crippen LogP contribution in [0.2, 0.25) is 0 Å². The van der Waals surface area contributed by atoms with Crippen molar-refractivity contribution in [3.05, 3.63) is 0 Å². The molecule has 0 rings (SSSR count). The average Bonchev–Trinajstić information content (AvgIpc) is 2.53. The van der Waals surface area contributed by atoms with Gasteiger partial charge >= 0.3 is 0 Å². The maximum Gasteiger partial charge on any atom is 0.222 e. The van der Waals surface area contributed by atoms with Gasteiger partial charge in [0.2, 0.25) is 5.91 Å². The van der Waals surface area contributed by atoms with E-state index >= 15 is 0 Å². The maximum absolute atomic E-state index is 12.0. The molecule has 0 fully saturated rings. The molecule has 0 bridgehead atoms. The van der Waals surface area contributed by atoms with Gasteiger partial charge in [-0.1, -0.05) is 72.1 Å². The van der Waals surface area contributed by atoms with Crippen molar-refractivity contribution < 1.29 is 4.79 Å². The highest BCUT2D eigenvalue weighted by Crippen LogP contribution is 2.09. The van der Waals surface area contributed by atoms with Crippen molar-refractivity contribution in [1.29, 1.82) is 0 Å². The summed E-state index contributed by atoms with van der Waals surface area (Å²) in [4.78, 5) is 14.1. The van der Waals surface area contributed by atoms with E-state index in [2.05, 4.69) is 13.8 Å². The largest absolute Gasteiger partial charge is 0.343 e. The van der Waals surface area contributed by atoms with Crippen LogP contribution < -0.4 is 5.73 Å². The zero-order chi connectivity index (χ0) is 16.6. The van der Waals surface area contributed by atoms with Crippen LogP contribution in [0.5, 0.6) is 0 Å². The topological polar surface area (TPSA) is 46.3 Å². The quantitative estimate of drug-likeness (QED) is 0.438. The van der Waals surface area contributed by atoms with Crippen LogP contribution in [0.15, 0.2) is 0 Å². The van der Waals surface area contributed by atoms with Crippen molar-refractivity contribution >= 4 is 5.91 Å². The van der Waals surface area contributed by atoms with Crippen LogP contribution in [0.3, 0.4) is 0 Å². The number of carbonyl (C=O) groups is 1. The van der Waals surface area contributed by atoms with Crippen molar-refractivity contribution in [2.75, 3.05) is 13.1 Å². The summed E-state index contributed by atoms with van der Waals surface area (Å²) < 4.78 is 0. The normalized spacial score (nSPS) is 12.4. The number of hydrogen-bond donors (Lipinski definition) is 1. The smallest absolute Gasteiger partial charge is 0.222 e. The van der Waals surface area contributed by atoms with E-state index in [1.807, 2.05) is 11.8 Å². The Labute approximate surface area is 139 Å². The van der Waals surface area contributed by atoms with Crippen molar-refractivity contribution in [2.24, 2.45) is 5.73 Å². The fourth-order valence-corrected chi connectivity index (χ4v) is 2.79. The summed E-state index contributed by atoms with van der Waals surface area (Å²) >= 11 is 0. The van der Waals surface area contributed by atoms with Crippen LogP contribution in [0.25, 0.3) is 0 Å². The van der Waals surface area contributed by atoms with Crippen LogP contribution in [-0.2, 0) is 4.79 Å². The molecule has 1 atom stereocenters. The molecule has 3 heteroatoms. The Morgan fingerprint density at radius 3 is 2.05 bits per heavy atom. The lowest BCUT2D eigenvalue weighted by Gasteiger charge is -2.24. The van der Waals surface area contributed by atoms with Gasteiger partial charge in [-0.2, -0.15) is 0 Å². The first-order valence-electron chi connectivity index (χ1n) is 9.68. The Hall–Kier alpha value is -0.570. The molecule has 0 aliphatic rings. The molecule has 0 saturated heterocycles. The summed E-state index contributed by atoms with van der Waals surface area (Å²) in [5, 5.41) is 0. The summed E-state index contributed by atoms with van der Waals surface area (Å²) in [5.74, 6) is 0.286. The first-order chi connectivity index (χ1) is 10.7. The lowest BCUT2D eigenvalue weighted by atomic mass is 10.1. The second-order valence-corrected chi connectivity index (χ2v) is 6.55. The molecular formula is C19H40N2O. The summed E-state index contributed by atoms with van der Waals surface area (Å²) in [6.45, 7) is 8.17. The van der Waals surface area contributed by atoms with Gasteiger partial charge in [0.25, 0.3) is 0 Å². The van der Waals surface area contributed by atoms with Gasteiger partial charge in [0.05, 0.1) is 0 Å². The third-order valence-corrected chi connectivity index (χ3v) is 4.39. The van der Waals surface area contributed by atoms with Gasteiger partial charge in [-0.05, 0) is 19.3 Å². The van der Waals surface area contributed by atoms with Gasteiger partial charge in [-0.3, -0.25) is 4.79 Å². The van der Waals surface area contributed by atoms with Crippen molar-refractivity contribution in [2.45, 2.75) is 104 Å². The summed E-state index contributed by atoms with van der Waals surface area (Å²) in [6, 6.07) is 0.253. The number of nitrogens with two attached hydrogens (primary N) is 1. The summed E-state index contributed by atoms with van der Waals surface area (Å²) in [6.07, 6.45) is 14.0. The predicted molar refractivity (Wildman–Crippen MR) is 97.0 cm³/mol. The Morgan fingerprint density at radius 2 is 1.41 bits per heavy atom. The molecule has 0 aromatic rings. The first-order valence-corrected chi connectivity index (χ1v) is 9.68. The molecule has 0 heterocycles. The summed E-state index contributed by atoms with van der Waals surface area (Å²) in [5.41, 5.74) is 6.18. The Bertz CT molecular complexity index is 256. The molecule has 1 amide bonds. The second-order valence-electron chi connectivity index (χ2n) is 6.55. The Kier molecular flexibility index (Phi) is 14.9. The highest BCUT2D eigenvalue weighted by molar-refractivity contribution is 5.75. The number of amides is 1. The highest BCUT2D eigenvalue weighted by Gasteiger charge is 2.12. The van der Waals surface area contributed by atoms with Crippen molar-refractivity contribution in [3.63, 3.8) is 0 Å². The van der Waals surface area contributed by atoms with Crippen LogP contribution in [0.4, 0.5) is 0 Å². The fraction of sp³-hybridized carbons (Fsp3) is 0.947. The molecule has 0 aliphatic carbocycles. The van der Waals surface area contributed by atoms with Gasteiger partial charge in [0.15, 0.2) is 0 Å². The Balaban J connectivity index is 3.90. The molecule has 0 saturated carbocycles. The van der Waals surface area contributed by atoms with Gasteiger partial charge < -0.3 is 10.6 Å². The van der Waals surface area contributed by atoms with Gasteiger partial charge in [0.1, 0.15) is 0 Å². The summed E-state index contributed by atoms with van der Waals surface area (Å²) in [7, 11) is 0. The van der Waals surface area contributed by atoms with Gasteiger partial charge in [0, 0.05) is 25.6 Å². The molecule has 0 aliphatic heterocycles. The molecule has 22 heavy (non-hydrogen) atoms. The molecule has 2 N–H and O–H groups in total. The van der Waals surface area contributed by atoms with Crippen molar-refractivity contribution in [1.82, 2.24) is 4.90 Å². The zero-order valence-corrected chi connectivity index (χ0v) is 15.4. The molecule has 0 radical (unpaired) electrons. The first kappa shape index (κ1) is 21.4.